The fraction of sp³-hybridized carbons (Fsp3) is 0.765. The maximum absolute atomic E-state index is 11.9. The largest absolute Gasteiger partial charge is 0.472 e. The van der Waals surface area contributed by atoms with Crippen LogP contribution in [0.4, 0.5) is 4.79 Å². The van der Waals surface area contributed by atoms with Crippen LogP contribution in [-0.4, -0.2) is 56.4 Å². The maximum atomic E-state index is 11.9. The molecule has 0 rings (SSSR count). The molecule has 0 aliphatic carbocycles. The van der Waals surface area contributed by atoms with Crippen LogP contribution < -0.4 is 0 Å². The SMILES string of the molecule is CCCCC(CC)CO/C(=N/C(=O)OC)SC(CC(=O)OC)C(=O)OC. The van der Waals surface area contributed by atoms with Crippen molar-refractivity contribution in [2.75, 3.05) is 27.9 Å². The summed E-state index contributed by atoms with van der Waals surface area (Å²) in [7, 11) is 3.63. The first kappa shape index (κ1) is 24.2. The van der Waals surface area contributed by atoms with E-state index >= 15 is 0 Å². The molecule has 0 radical (unpaired) electrons. The summed E-state index contributed by atoms with van der Waals surface area (Å²) in [6.07, 6.45) is 2.98. The Kier molecular flexibility index (Phi) is 13.4. The molecule has 0 heterocycles. The number of hydrogen-bond acceptors (Lipinski definition) is 8. The first-order chi connectivity index (χ1) is 12.4. The van der Waals surface area contributed by atoms with E-state index in [-0.39, 0.29) is 11.7 Å². The Morgan fingerprint density at radius 3 is 2.23 bits per heavy atom. The molecule has 0 aliphatic rings. The number of carbonyl (C=O) groups excluding carboxylic acids is 3. The predicted molar refractivity (Wildman–Crippen MR) is 99.1 cm³/mol. The van der Waals surface area contributed by atoms with E-state index in [4.69, 9.17) is 9.47 Å². The fourth-order valence-electron chi connectivity index (χ4n) is 1.96. The lowest BCUT2D eigenvalue weighted by Crippen LogP contribution is -2.26. The maximum Gasteiger partial charge on any atom is 0.437 e. The van der Waals surface area contributed by atoms with Crippen LogP contribution in [0.15, 0.2) is 4.99 Å². The van der Waals surface area contributed by atoms with Crippen molar-refractivity contribution in [3.8, 4) is 0 Å². The van der Waals surface area contributed by atoms with Crippen LogP contribution in [0, 0.1) is 5.92 Å². The normalized spacial score (nSPS) is 13.5. The summed E-state index contributed by atoms with van der Waals surface area (Å²) < 4.78 is 19.5. The molecule has 0 spiro atoms. The second kappa shape index (κ2) is 14.4. The van der Waals surface area contributed by atoms with Crippen molar-refractivity contribution in [1.29, 1.82) is 0 Å². The first-order valence-electron chi connectivity index (χ1n) is 8.52. The highest BCUT2D eigenvalue weighted by molar-refractivity contribution is 8.14. The molecular weight excluding hydrogens is 362 g/mol. The quantitative estimate of drug-likeness (QED) is 0.242. The Balaban J connectivity index is 5.14. The molecule has 0 saturated carbocycles. The summed E-state index contributed by atoms with van der Waals surface area (Å²) in [5.41, 5.74) is 0. The summed E-state index contributed by atoms with van der Waals surface area (Å²) in [4.78, 5) is 38.6. The third kappa shape index (κ3) is 10.3. The molecule has 0 bridgehead atoms. The van der Waals surface area contributed by atoms with Gasteiger partial charge in [-0.15, -0.1) is 4.99 Å². The van der Waals surface area contributed by atoms with Gasteiger partial charge in [-0.2, -0.15) is 0 Å². The predicted octanol–water partition coefficient (Wildman–Crippen LogP) is 3.18. The molecule has 26 heavy (non-hydrogen) atoms. The molecule has 0 saturated heterocycles. The first-order valence-corrected chi connectivity index (χ1v) is 9.40. The van der Waals surface area contributed by atoms with Crippen molar-refractivity contribution in [1.82, 2.24) is 0 Å². The highest BCUT2D eigenvalue weighted by atomic mass is 32.2. The lowest BCUT2D eigenvalue weighted by atomic mass is 10.0. The number of thioether (sulfide) groups is 1. The molecule has 150 valence electrons. The molecule has 0 aliphatic heterocycles. The topological polar surface area (TPSA) is 100 Å². The summed E-state index contributed by atoms with van der Waals surface area (Å²) in [5.74, 6) is -0.921. The summed E-state index contributed by atoms with van der Waals surface area (Å²) in [6.45, 7) is 4.52. The lowest BCUT2D eigenvalue weighted by molar-refractivity contribution is -0.146. The van der Waals surface area contributed by atoms with Gasteiger partial charge in [0.2, 0.25) is 0 Å². The highest BCUT2D eigenvalue weighted by Gasteiger charge is 2.28. The Morgan fingerprint density at radius 2 is 1.73 bits per heavy atom. The average Bonchev–Trinajstić information content (AvgIpc) is 2.66. The Bertz CT molecular complexity index is 482. The van der Waals surface area contributed by atoms with Crippen molar-refractivity contribution in [2.24, 2.45) is 10.9 Å². The summed E-state index contributed by atoms with van der Waals surface area (Å²) in [6, 6.07) is 0. The van der Waals surface area contributed by atoms with E-state index in [0.29, 0.717) is 12.5 Å². The van der Waals surface area contributed by atoms with Crippen molar-refractivity contribution < 1.29 is 33.3 Å². The zero-order valence-corrected chi connectivity index (χ0v) is 16.9. The monoisotopic (exact) mass is 391 g/mol. The van der Waals surface area contributed by atoms with Gasteiger partial charge in [0.15, 0.2) is 0 Å². The number of nitrogens with zero attached hydrogens (tertiary/aromatic N) is 1. The van der Waals surface area contributed by atoms with Gasteiger partial charge in [-0.05, 0) is 12.3 Å². The van der Waals surface area contributed by atoms with Crippen molar-refractivity contribution >= 4 is 35.0 Å². The van der Waals surface area contributed by atoms with Crippen molar-refractivity contribution in [2.45, 2.75) is 51.2 Å². The number of rotatable bonds is 10. The van der Waals surface area contributed by atoms with E-state index in [1.807, 2.05) is 0 Å². The average molecular weight is 391 g/mol. The van der Waals surface area contributed by atoms with Crippen LogP contribution in [0.1, 0.15) is 46.0 Å². The molecule has 9 heteroatoms. The van der Waals surface area contributed by atoms with Crippen LogP contribution in [0.2, 0.25) is 0 Å². The molecule has 0 aromatic heterocycles. The fourth-order valence-corrected chi connectivity index (χ4v) is 2.88. The zero-order valence-electron chi connectivity index (χ0n) is 16.1. The number of hydrogen-bond donors (Lipinski definition) is 0. The molecule has 2 unspecified atom stereocenters. The van der Waals surface area contributed by atoms with Crippen LogP contribution in [0.25, 0.3) is 0 Å². The molecular formula is C17H29NO7S. The Labute approximate surface area is 159 Å². The second-order valence-corrected chi connectivity index (χ2v) is 6.64. The van der Waals surface area contributed by atoms with Gasteiger partial charge in [-0.3, -0.25) is 9.59 Å². The van der Waals surface area contributed by atoms with Gasteiger partial charge < -0.3 is 18.9 Å². The molecule has 0 aromatic rings. The van der Waals surface area contributed by atoms with E-state index in [9.17, 15) is 14.4 Å². The summed E-state index contributed by atoms with van der Waals surface area (Å²) >= 11 is 0.838. The van der Waals surface area contributed by atoms with E-state index < -0.39 is 23.3 Å². The number of esters is 2. The zero-order chi connectivity index (χ0) is 19.9. The molecule has 8 nitrogen and oxygen atoms in total. The van der Waals surface area contributed by atoms with Gasteiger partial charge >= 0.3 is 18.0 Å². The van der Waals surface area contributed by atoms with Gasteiger partial charge in [0.25, 0.3) is 5.23 Å². The molecule has 0 N–H and O–H groups in total. The molecule has 1 amide bonds. The van der Waals surface area contributed by atoms with Crippen LogP contribution in [0.3, 0.4) is 0 Å². The van der Waals surface area contributed by atoms with Gasteiger partial charge in [-0.1, -0.05) is 44.9 Å². The minimum atomic E-state index is -0.938. The smallest absolute Gasteiger partial charge is 0.437 e. The molecule has 2 atom stereocenters. The van der Waals surface area contributed by atoms with Gasteiger partial charge in [0.05, 0.1) is 34.4 Å². The summed E-state index contributed by atoms with van der Waals surface area (Å²) in [5, 5.41) is -0.974. The van der Waals surface area contributed by atoms with Gasteiger partial charge in [-0.25, -0.2) is 4.79 Å². The number of ether oxygens (including phenoxy) is 4. The van der Waals surface area contributed by atoms with E-state index in [1.54, 1.807) is 0 Å². The van der Waals surface area contributed by atoms with Crippen LogP contribution >= 0.6 is 11.8 Å². The third-order valence-electron chi connectivity index (χ3n) is 3.63. The van der Waals surface area contributed by atoms with Crippen molar-refractivity contribution in [3.63, 3.8) is 0 Å². The van der Waals surface area contributed by atoms with Crippen molar-refractivity contribution in [3.05, 3.63) is 0 Å². The van der Waals surface area contributed by atoms with E-state index in [1.165, 1.54) is 21.3 Å². The Hall–Kier alpha value is -1.77. The van der Waals surface area contributed by atoms with Gasteiger partial charge in [0.1, 0.15) is 5.25 Å². The minimum absolute atomic E-state index is 0.0360. The second-order valence-electron chi connectivity index (χ2n) is 5.49. The number of amides is 1. The molecule has 0 fully saturated rings. The number of aliphatic imine (C=N–C) groups is 1. The van der Waals surface area contributed by atoms with E-state index in [2.05, 4.69) is 28.3 Å². The van der Waals surface area contributed by atoms with Gasteiger partial charge in [0, 0.05) is 0 Å². The molecule has 0 aromatic carbocycles. The number of carbonyl (C=O) groups is 3. The standard InChI is InChI=1S/C17H29NO7S/c1-6-8-9-12(7-2)11-25-17(18-16(21)24-5)26-13(15(20)23-4)10-14(19)22-3/h12-13H,6-11H2,1-5H3/b18-17-. The number of methoxy groups -OCH3 is 3. The highest BCUT2D eigenvalue weighted by Crippen LogP contribution is 2.22. The minimum Gasteiger partial charge on any atom is -0.472 e. The third-order valence-corrected chi connectivity index (χ3v) is 4.68. The van der Waals surface area contributed by atoms with Crippen LogP contribution in [-0.2, 0) is 28.5 Å². The van der Waals surface area contributed by atoms with E-state index in [0.717, 1.165) is 37.4 Å². The number of unbranched alkanes of at least 4 members (excludes halogenated alkanes) is 1. The lowest BCUT2D eigenvalue weighted by Gasteiger charge is -2.18. The van der Waals surface area contributed by atoms with Crippen LogP contribution in [0.5, 0.6) is 0 Å². The Morgan fingerprint density at radius 1 is 1.04 bits per heavy atom.